The lowest BCUT2D eigenvalue weighted by atomic mass is 9.93. The highest BCUT2D eigenvalue weighted by atomic mass is 15.2. The summed E-state index contributed by atoms with van der Waals surface area (Å²) in [5.41, 5.74) is 4.44. The first kappa shape index (κ1) is 12.4. The Kier molecular flexibility index (Phi) is 3.43. The van der Waals surface area contributed by atoms with Crippen molar-refractivity contribution < 1.29 is 0 Å². The topological polar surface area (TPSA) is 15.3 Å². The van der Waals surface area contributed by atoms with Crippen molar-refractivity contribution in [2.45, 2.75) is 45.7 Å². The first-order valence-corrected chi connectivity index (χ1v) is 6.63. The Labute approximate surface area is 105 Å². The molecule has 0 aliphatic carbocycles. The van der Waals surface area contributed by atoms with Crippen molar-refractivity contribution in [3.8, 4) is 0 Å². The smallest absolute Gasteiger partial charge is 0.0408 e. The van der Waals surface area contributed by atoms with E-state index in [0.29, 0.717) is 18.0 Å². The molecule has 94 valence electrons. The third-order valence-electron chi connectivity index (χ3n) is 3.91. The van der Waals surface area contributed by atoms with E-state index in [2.05, 4.69) is 56.1 Å². The normalized spacial score (nSPS) is 20.8. The van der Waals surface area contributed by atoms with E-state index in [1.54, 1.807) is 5.56 Å². The Bertz CT molecular complexity index is 398. The van der Waals surface area contributed by atoms with Crippen LogP contribution in [-0.4, -0.2) is 19.6 Å². The third-order valence-corrected chi connectivity index (χ3v) is 3.91. The molecule has 0 saturated carbocycles. The Balaban J connectivity index is 2.48. The second-order valence-electron chi connectivity index (χ2n) is 5.44. The van der Waals surface area contributed by atoms with Gasteiger partial charge in [0, 0.05) is 30.2 Å². The van der Waals surface area contributed by atoms with Crippen LogP contribution in [0.2, 0.25) is 0 Å². The highest BCUT2D eigenvalue weighted by Gasteiger charge is 2.29. The molecule has 0 spiro atoms. The third kappa shape index (κ3) is 2.06. The van der Waals surface area contributed by atoms with Gasteiger partial charge in [-0.25, -0.2) is 0 Å². The molecule has 1 aliphatic rings. The number of rotatable bonds is 3. The van der Waals surface area contributed by atoms with Gasteiger partial charge >= 0.3 is 0 Å². The number of hydrogen-bond donors (Lipinski definition) is 1. The zero-order valence-electron chi connectivity index (χ0n) is 11.6. The highest BCUT2D eigenvalue weighted by molar-refractivity contribution is 5.64. The average molecular weight is 232 g/mol. The number of nitrogens with zero attached hydrogens (tertiary/aromatic N) is 1. The van der Waals surface area contributed by atoms with Crippen molar-refractivity contribution in [3.63, 3.8) is 0 Å². The van der Waals surface area contributed by atoms with Gasteiger partial charge in [-0.1, -0.05) is 19.1 Å². The quantitative estimate of drug-likeness (QED) is 0.860. The van der Waals surface area contributed by atoms with E-state index in [1.807, 2.05) is 7.05 Å². The molecule has 2 nitrogen and oxygen atoms in total. The van der Waals surface area contributed by atoms with Gasteiger partial charge < -0.3 is 10.2 Å². The summed E-state index contributed by atoms with van der Waals surface area (Å²) in [6.45, 7) is 10.3. The van der Waals surface area contributed by atoms with E-state index in [9.17, 15) is 0 Å². The lowest BCUT2D eigenvalue weighted by Crippen LogP contribution is -2.28. The predicted octanol–water partition coefficient (Wildman–Crippen LogP) is 3.30. The van der Waals surface area contributed by atoms with Crippen molar-refractivity contribution >= 4 is 5.69 Å². The summed E-state index contributed by atoms with van der Waals surface area (Å²) < 4.78 is 0. The van der Waals surface area contributed by atoms with Crippen LogP contribution in [0.25, 0.3) is 0 Å². The van der Waals surface area contributed by atoms with Crippen LogP contribution in [0, 0.1) is 0 Å². The van der Waals surface area contributed by atoms with Crippen LogP contribution in [0.5, 0.6) is 0 Å². The molecule has 1 aliphatic heterocycles. The summed E-state index contributed by atoms with van der Waals surface area (Å²) in [4.78, 5) is 2.52. The van der Waals surface area contributed by atoms with Crippen molar-refractivity contribution in [2.75, 3.05) is 18.5 Å². The van der Waals surface area contributed by atoms with Crippen molar-refractivity contribution in [1.82, 2.24) is 5.32 Å². The van der Waals surface area contributed by atoms with Gasteiger partial charge in [0.2, 0.25) is 0 Å². The zero-order valence-corrected chi connectivity index (χ0v) is 11.6. The standard InChI is InChI=1S/C15H24N2/c1-10(2)17-9-11(3)15-13(12(4)16-5)7-6-8-14(15)17/h6-8,10-12,16H,9H2,1-5H3. The second-order valence-corrected chi connectivity index (χ2v) is 5.44. The maximum Gasteiger partial charge on any atom is 0.0408 e. The second kappa shape index (κ2) is 4.69. The van der Waals surface area contributed by atoms with E-state index < -0.39 is 0 Å². The highest BCUT2D eigenvalue weighted by Crippen LogP contribution is 2.41. The molecular weight excluding hydrogens is 208 g/mol. The number of hydrogen-bond acceptors (Lipinski definition) is 2. The fourth-order valence-corrected chi connectivity index (χ4v) is 2.86. The lowest BCUT2D eigenvalue weighted by Gasteiger charge is -2.24. The van der Waals surface area contributed by atoms with Crippen LogP contribution in [0.3, 0.4) is 0 Å². The average Bonchev–Trinajstić information content (AvgIpc) is 2.66. The van der Waals surface area contributed by atoms with Gasteiger partial charge in [0.1, 0.15) is 0 Å². The Morgan fingerprint density at radius 3 is 2.59 bits per heavy atom. The van der Waals surface area contributed by atoms with E-state index in [4.69, 9.17) is 0 Å². The van der Waals surface area contributed by atoms with E-state index in [1.165, 1.54) is 11.3 Å². The maximum absolute atomic E-state index is 3.36. The van der Waals surface area contributed by atoms with E-state index in [-0.39, 0.29) is 0 Å². The molecule has 17 heavy (non-hydrogen) atoms. The van der Waals surface area contributed by atoms with Crippen LogP contribution < -0.4 is 10.2 Å². The predicted molar refractivity (Wildman–Crippen MR) is 74.8 cm³/mol. The minimum Gasteiger partial charge on any atom is -0.368 e. The van der Waals surface area contributed by atoms with Crippen LogP contribution in [0.4, 0.5) is 5.69 Å². The lowest BCUT2D eigenvalue weighted by molar-refractivity contribution is 0.634. The molecule has 1 aromatic carbocycles. The number of nitrogens with one attached hydrogen (secondary N) is 1. The molecule has 0 saturated heterocycles. The summed E-state index contributed by atoms with van der Waals surface area (Å²) in [6.07, 6.45) is 0. The van der Waals surface area contributed by atoms with Gasteiger partial charge in [-0.2, -0.15) is 0 Å². The molecule has 0 aromatic heterocycles. The Morgan fingerprint density at radius 1 is 1.29 bits per heavy atom. The molecule has 1 N–H and O–H groups in total. The molecule has 0 bridgehead atoms. The first-order valence-electron chi connectivity index (χ1n) is 6.63. The van der Waals surface area contributed by atoms with Crippen LogP contribution >= 0.6 is 0 Å². The first-order chi connectivity index (χ1) is 8.06. The van der Waals surface area contributed by atoms with E-state index in [0.717, 1.165) is 6.54 Å². The molecule has 1 aromatic rings. The molecule has 0 fully saturated rings. The minimum atomic E-state index is 0.430. The monoisotopic (exact) mass is 232 g/mol. The molecule has 2 rings (SSSR count). The van der Waals surface area contributed by atoms with Crippen molar-refractivity contribution in [1.29, 1.82) is 0 Å². The zero-order chi connectivity index (χ0) is 12.6. The molecule has 0 radical (unpaired) electrons. The van der Waals surface area contributed by atoms with Crippen molar-refractivity contribution in [2.24, 2.45) is 0 Å². The number of anilines is 1. The van der Waals surface area contributed by atoms with Crippen LogP contribution in [0.15, 0.2) is 18.2 Å². The minimum absolute atomic E-state index is 0.430. The molecule has 1 heterocycles. The molecular formula is C15H24N2. The fourth-order valence-electron chi connectivity index (χ4n) is 2.86. The Hall–Kier alpha value is -1.02. The van der Waals surface area contributed by atoms with Gasteiger partial charge in [-0.15, -0.1) is 0 Å². The SMILES string of the molecule is CNC(C)c1cccc2c1C(C)CN2C(C)C. The number of benzene rings is 1. The molecule has 0 amide bonds. The molecule has 2 heteroatoms. The van der Waals surface area contributed by atoms with Gasteiger partial charge in [0.05, 0.1) is 0 Å². The fraction of sp³-hybridized carbons (Fsp3) is 0.600. The van der Waals surface area contributed by atoms with Crippen molar-refractivity contribution in [3.05, 3.63) is 29.3 Å². The molecule has 2 atom stereocenters. The molecule has 2 unspecified atom stereocenters. The summed E-state index contributed by atoms with van der Waals surface area (Å²) in [7, 11) is 2.03. The maximum atomic E-state index is 3.36. The summed E-state index contributed by atoms with van der Waals surface area (Å²) >= 11 is 0. The van der Waals surface area contributed by atoms with Crippen LogP contribution in [0.1, 0.15) is 50.8 Å². The largest absolute Gasteiger partial charge is 0.368 e. The van der Waals surface area contributed by atoms with Gasteiger partial charge in [-0.3, -0.25) is 0 Å². The van der Waals surface area contributed by atoms with Gasteiger partial charge in [-0.05, 0) is 45.0 Å². The Morgan fingerprint density at radius 2 is 2.00 bits per heavy atom. The van der Waals surface area contributed by atoms with Crippen LogP contribution in [-0.2, 0) is 0 Å². The summed E-state index contributed by atoms with van der Waals surface area (Å²) in [5, 5.41) is 3.36. The van der Waals surface area contributed by atoms with E-state index >= 15 is 0 Å². The van der Waals surface area contributed by atoms with Gasteiger partial charge in [0.15, 0.2) is 0 Å². The summed E-state index contributed by atoms with van der Waals surface area (Å²) in [6, 6.07) is 7.74. The summed E-state index contributed by atoms with van der Waals surface area (Å²) in [5.74, 6) is 0.638. The van der Waals surface area contributed by atoms with Gasteiger partial charge in [0.25, 0.3) is 0 Å². The number of fused-ring (bicyclic) bond motifs is 1.